The van der Waals surface area contributed by atoms with E-state index in [1.165, 1.54) is 35.7 Å². The number of rotatable bonds is 12. The number of likely N-dealkylation sites (tertiary alicyclic amines) is 1. The van der Waals surface area contributed by atoms with Crippen molar-refractivity contribution >= 4 is 22.8 Å². The maximum atomic E-state index is 12.5. The number of fused-ring (bicyclic) bond motifs is 1. The molecule has 1 saturated heterocycles. The summed E-state index contributed by atoms with van der Waals surface area (Å²) in [5.41, 5.74) is 3.40. The highest BCUT2D eigenvalue weighted by atomic mass is 16.6. The number of nitrogens with zero attached hydrogens (tertiary/aromatic N) is 3. The van der Waals surface area contributed by atoms with Crippen LogP contribution in [0.3, 0.4) is 0 Å². The number of amides is 1. The Kier molecular flexibility index (Phi) is 10.2. The number of unbranched alkanes of at least 4 members (excludes halogenated alkanes) is 4. The van der Waals surface area contributed by atoms with Gasteiger partial charge in [-0.25, -0.2) is 4.79 Å². The van der Waals surface area contributed by atoms with Crippen molar-refractivity contribution < 1.29 is 14.3 Å². The Morgan fingerprint density at radius 2 is 1.67 bits per heavy atom. The van der Waals surface area contributed by atoms with Crippen molar-refractivity contribution in [1.29, 1.82) is 0 Å². The number of benzene rings is 1. The molecule has 1 aliphatic rings. The van der Waals surface area contributed by atoms with E-state index in [-0.39, 0.29) is 6.09 Å². The number of carbonyl (C=O) groups excluding carboxylic acids is 2. The first-order chi connectivity index (χ1) is 18.8. The molecular formula is C33H45N3O3. The number of aromatic nitrogens is 2. The van der Waals surface area contributed by atoms with E-state index in [4.69, 9.17) is 4.74 Å². The van der Waals surface area contributed by atoms with E-state index in [0.29, 0.717) is 24.7 Å². The normalized spacial score (nSPS) is 14.6. The van der Waals surface area contributed by atoms with E-state index in [0.717, 1.165) is 57.2 Å². The van der Waals surface area contributed by atoms with Crippen molar-refractivity contribution in [3.05, 3.63) is 66.1 Å². The van der Waals surface area contributed by atoms with Crippen LogP contribution in [-0.2, 0) is 22.4 Å². The summed E-state index contributed by atoms with van der Waals surface area (Å²) in [5.74, 6) is 0.364. The summed E-state index contributed by atoms with van der Waals surface area (Å²) in [4.78, 5) is 30.7. The number of carbonyl (C=O) groups is 2. The van der Waals surface area contributed by atoms with E-state index in [1.54, 1.807) is 6.20 Å². The molecule has 6 heteroatoms. The average molecular weight is 532 g/mol. The number of Topliss-reactive ketones (excluding diaryl/α,β-unsaturated/α-hetero) is 1. The molecule has 4 rings (SSSR count). The summed E-state index contributed by atoms with van der Waals surface area (Å²) >= 11 is 0. The molecule has 0 radical (unpaired) electrons. The molecule has 0 aliphatic carbocycles. The quantitative estimate of drug-likeness (QED) is 0.225. The first kappa shape index (κ1) is 28.8. The van der Waals surface area contributed by atoms with Crippen LogP contribution >= 0.6 is 0 Å². The molecule has 39 heavy (non-hydrogen) atoms. The highest BCUT2D eigenvalue weighted by Gasteiger charge is 2.28. The van der Waals surface area contributed by atoms with Crippen molar-refractivity contribution in [2.75, 3.05) is 13.1 Å². The molecular weight excluding hydrogens is 486 g/mol. The second kappa shape index (κ2) is 13.8. The Bertz CT molecular complexity index is 1200. The van der Waals surface area contributed by atoms with Crippen LogP contribution in [-0.4, -0.2) is 45.0 Å². The van der Waals surface area contributed by atoms with Crippen molar-refractivity contribution in [2.24, 2.45) is 0 Å². The number of piperidine rings is 1. The molecule has 0 spiro atoms. The van der Waals surface area contributed by atoms with Gasteiger partial charge in [-0.1, -0.05) is 43.5 Å². The Morgan fingerprint density at radius 1 is 0.923 bits per heavy atom. The Labute approximate surface area is 233 Å². The van der Waals surface area contributed by atoms with Gasteiger partial charge in [-0.05, 0) is 82.6 Å². The number of hydrogen-bond acceptors (Lipinski definition) is 4. The maximum Gasteiger partial charge on any atom is 0.410 e. The molecule has 1 aliphatic heterocycles. The number of aryl methyl sites for hydroxylation is 2. The SMILES string of the molecule is CC(C)(C)OC(=O)N1CCC(n2cc(CCCCCCCC(=O)CCc3cccnc3)c3ccccc32)CC1. The number of ether oxygens (including phenoxy) is 1. The van der Waals surface area contributed by atoms with Crippen LogP contribution in [0.5, 0.6) is 0 Å². The number of pyridine rings is 1. The summed E-state index contributed by atoms with van der Waals surface area (Å²) in [6.07, 6.45) is 16.5. The monoisotopic (exact) mass is 531 g/mol. The van der Waals surface area contributed by atoms with Gasteiger partial charge in [0.25, 0.3) is 0 Å². The predicted octanol–water partition coefficient (Wildman–Crippen LogP) is 7.69. The molecule has 6 nitrogen and oxygen atoms in total. The fraction of sp³-hybridized carbons (Fsp3) is 0.545. The fourth-order valence-electron chi connectivity index (χ4n) is 5.55. The molecule has 2 aromatic heterocycles. The molecule has 1 fully saturated rings. The molecule has 3 aromatic rings. The smallest absolute Gasteiger partial charge is 0.410 e. The van der Waals surface area contributed by atoms with Crippen molar-refractivity contribution in [1.82, 2.24) is 14.5 Å². The summed E-state index contributed by atoms with van der Waals surface area (Å²) < 4.78 is 8.03. The van der Waals surface area contributed by atoms with Gasteiger partial charge >= 0.3 is 6.09 Å². The molecule has 0 N–H and O–H groups in total. The van der Waals surface area contributed by atoms with E-state index in [2.05, 4.69) is 40.0 Å². The zero-order valence-electron chi connectivity index (χ0n) is 24.0. The van der Waals surface area contributed by atoms with Gasteiger partial charge in [0, 0.05) is 61.5 Å². The second-order valence-electron chi connectivity index (χ2n) is 11.9. The van der Waals surface area contributed by atoms with Crippen LogP contribution in [0.25, 0.3) is 10.9 Å². The standard InChI is InChI=1S/C33H45N3O3/c1-33(2,3)39-32(38)35-22-19-28(20-23-35)36-25-27(30-15-9-10-16-31(30)36)13-7-5-4-6-8-14-29(37)18-17-26-12-11-21-34-24-26/h9-12,15-16,21,24-25,28H,4-8,13-14,17-20,22-23H2,1-3H3. The molecule has 1 aromatic carbocycles. The minimum absolute atomic E-state index is 0.201. The molecule has 1 amide bonds. The lowest BCUT2D eigenvalue weighted by Crippen LogP contribution is -2.42. The van der Waals surface area contributed by atoms with E-state index in [9.17, 15) is 9.59 Å². The molecule has 0 atom stereocenters. The zero-order valence-corrected chi connectivity index (χ0v) is 24.0. The van der Waals surface area contributed by atoms with Gasteiger partial charge in [-0.15, -0.1) is 0 Å². The van der Waals surface area contributed by atoms with Crippen LogP contribution in [0.2, 0.25) is 0 Å². The van der Waals surface area contributed by atoms with Gasteiger partial charge in [0.1, 0.15) is 11.4 Å². The minimum Gasteiger partial charge on any atom is -0.444 e. The van der Waals surface area contributed by atoms with E-state index < -0.39 is 5.60 Å². The third-order valence-corrected chi connectivity index (χ3v) is 7.65. The summed E-state index contributed by atoms with van der Waals surface area (Å²) in [5, 5.41) is 1.35. The zero-order chi connectivity index (χ0) is 27.7. The Morgan fingerprint density at radius 3 is 2.41 bits per heavy atom. The predicted molar refractivity (Wildman–Crippen MR) is 157 cm³/mol. The molecule has 0 unspecified atom stereocenters. The highest BCUT2D eigenvalue weighted by molar-refractivity contribution is 5.84. The third-order valence-electron chi connectivity index (χ3n) is 7.65. The van der Waals surface area contributed by atoms with Crippen molar-refractivity contribution in [3.63, 3.8) is 0 Å². The van der Waals surface area contributed by atoms with Gasteiger partial charge in [0.15, 0.2) is 0 Å². The molecule has 3 heterocycles. The molecule has 210 valence electrons. The van der Waals surface area contributed by atoms with Gasteiger partial charge in [0.05, 0.1) is 0 Å². The first-order valence-electron chi connectivity index (χ1n) is 14.8. The lowest BCUT2D eigenvalue weighted by atomic mass is 10.0. The van der Waals surface area contributed by atoms with Crippen LogP contribution in [0.4, 0.5) is 4.79 Å². The Hall–Kier alpha value is -3.15. The Balaban J connectivity index is 1.19. The van der Waals surface area contributed by atoms with Gasteiger partial charge < -0.3 is 14.2 Å². The third kappa shape index (κ3) is 8.67. The lowest BCUT2D eigenvalue weighted by molar-refractivity contribution is -0.119. The largest absolute Gasteiger partial charge is 0.444 e. The number of hydrogen-bond donors (Lipinski definition) is 0. The molecule has 0 bridgehead atoms. The number of para-hydroxylation sites is 1. The van der Waals surface area contributed by atoms with Crippen LogP contribution in [0.15, 0.2) is 55.0 Å². The van der Waals surface area contributed by atoms with E-state index in [1.807, 2.05) is 44.0 Å². The molecule has 0 saturated carbocycles. The van der Waals surface area contributed by atoms with Crippen molar-refractivity contribution in [2.45, 2.75) is 103 Å². The summed E-state index contributed by atoms with van der Waals surface area (Å²) in [6, 6.07) is 13.1. The van der Waals surface area contributed by atoms with Crippen LogP contribution in [0, 0.1) is 0 Å². The van der Waals surface area contributed by atoms with Crippen molar-refractivity contribution in [3.8, 4) is 0 Å². The minimum atomic E-state index is -0.461. The van der Waals surface area contributed by atoms with E-state index >= 15 is 0 Å². The topological polar surface area (TPSA) is 64.4 Å². The van der Waals surface area contributed by atoms with Crippen LogP contribution in [0.1, 0.15) is 95.7 Å². The first-order valence-corrected chi connectivity index (χ1v) is 14.8. The highest BCUT2D eigenvalue weighted by Crippen LogP contribution is 2.31. The average Bonchev–Trinajstić information content (AvgIpc) is 3.30. The van der Waals surface area contributed by atoms with Gasteiger partial charge in [-0.2, -0.15) is 0 Å². The van der Waals surface area contributed by atoms with Crippen LogP contribution < -0.4 is 0 Å². The summed E-state index contributed by atoms with van der Waals surface area (Å²) in [7, 11) is 0. The lowest BCUT2D eigenvalue weighted by Gasteiger charge is -2.34. The van der Waals surface area contributed by atoms with Gasteiger partial charge in [0.2, 0.25) is 0 Å². The fourth-order valence-corrected chi connectivity index (χ4v) is 5.55. The maximum absolute atomic E-state index is 12.5. The second-order valence-corrected chi connectivity index (χ2v) is 11.9. The number of ketones is 1. The van der Waals surface area contributed by atoms with Gasteiger partial charge in [-0.3, -0.25) is 9.78 Å². The summed E-state index contributed by atoms with van der Waals surface area (Å²) in [6.45, 7) is 7.21.